The Morgan fingerprint density at radius 2 is 1.81 bits per heavy atom. The molecule has 2 N–H and O–H groups in total. The van der Waals surface area contributed by atoms with Gasteiger partial charge < -0.3 is 10.2 Å². The molecule has 26 heavy (non-hydrogen) atoms. The van der Waals surface area contributed by atoms with Gasteiger partial charge in [0, 0.05) is 28.4 Å². The third kappa shape index (κ3) is 4.46. The van der Waals surface area contributed by atoms with Crippen LogP contribution in [0.15, 0.2) is 42.5 Å². The molecule has 1 aliphatic rings. The summed E-state index contributed by atoms with van der Waals surface area (Å²) in [6, 6.07) is 12.4. The van der Waals surface area contributed by atoms with E-state index in [2.05, 4.69) is 5.32 Å². The van der Waals surface area contributed by atoms with Crippen molar-refractivity contribution in [3.8, 4) is 0 Å². The predicted molar refractivity (Wildman–Crippen MR) is 100 cm³/mol. The van der Waals surface area contributed by atoms with Crippen LogP contribution in [0.1, 0.15) is 40.7 Å². The standard InChI is InChI=1S/C20H23N3O3/c1-15-5-8-17(13-19(15)23(25)26)20(24)21-18-9-6-16(7-10-18)14-22-11-3-2-4-12-22/h5-10,13H,2-4,11-12,14H2,1H3,(H,21,24)/p+1. The molecule has 1 saturated heterocycles. The van der Waals surface area contributed by atoms with E-state index in [-0.39, 0.29) is 17.2 Å². The Bertz CT molecular complexity index is 796. The molecule has 0 atom stereocenters. The van der Waals surface area contributed by atoms with Crippen molar-refractivity contribution in [1.29, 1.82) is 0 Å². The Kier molecular flexibility index (Phi) is 5.63. The monoisotopic (exact) mass is 354 g/mol. The van der Waals surface area contributed by atoms with Crippen molar-refractivity contribution in [3.63, 3.8) is 0 Å². The van der Waals surface area contributed by atoms with Crippen LogP contribution < -0.4 is 10.2 Å². The molecule has 6 nitrogen and oxygen atoms in total. The van der Waals surface area contributed by atoms with Crippen molar-refractivity contribution in [3.05, 3.63) is 69.3 Å². The minimum atomic E-state index is -0.468. The van der Waals surface area contributed by atoms with Gasteiger partial charge in [0.05, 0.1) is 18.0 Å². The highest BCUT2D eigenvalue weighted by Gasteiger charge is 2.16. The summed E-state index contributed by atoms with van der Waals surface area (Å²) in [6.07, 6.45) is 3.93. The number of aryl methyl sites for hydroxylation is 1. The van der Waals surface area contributed by atoms with Crippen molar-refractivity contribution in [1.82, 2.24) is 0 Å². The Morgan fingerprint density at radius 3 is 2.46 bits per heavy atom. The number of quaternary nitrogens is 1. The number of benzene rings is 2. The summed E-state index contributed by atoms with van der Waals surface area (Å²) in [5.41, 5.74) is 2.72. The number of anilines is 1. The Hall–Kier alpha value is -2.73. The van der Waals surface area contributed by atoms with Gasteiger partial charge in [-0.25, -0.2) is 0 Å². The number of nitrogens with one attached hydrogen (secondary N) is 2. The first-order valence-corrected chi connectivity index (χ1v) is 9.02. The van der Waals surface area contributed by atoms with Crippen LogP contribution in [0.25, 0.3) is 0 Å². The average Bonchev–Trinajstić information content (AvgIpc) is 2.64. The van der Waals surface area contributed by atoms with Crippen LogP contribution in [0.2, 0.25) is 0 Å². The molecule has 2 aromatic rings. The van der Waals surface area contributed by atoms with Gasteiger partial charge in [-0.1, -0.05) is 18.2 Å². The highest BCUT2D eigenvalue weighted by molar-refractivity contribution is 6.04. The zero-order valence-corrected chi connectivity index (χ0v) is 15.0. The van der Waals surface area contributed by atoms with Crippen LogP contribution in [0.5, 0.6) is 0 Å². The van der Waals surface area contributed by atoms with E-state index in [4.69, 9.17) is 0 Å². The highest BCUT2D eigenvalue weighted by atomic mass is 16.6. The average molecular weight is 354 g/mol. The number of nitro benzene ring substituents is 1. The molecule has 6 heteroatoms. The van der Waals surface area contributed by atoms with Gasteiger partial charge in [-0.15, -0.1) is 0 Å². The number of rotatable bonds is 5. The maximum atomic E-state index is 12.4. The van der Waals surface area contributed by atoms with E-state index >= 15 is 0 Å². The second-order valence-corrected chi connectivity index (χ2v) is 6.90. The summed E-state index contributed by atoms with van der Waals surface area (Å²) >= 11 is 0. The van der Waals surface area contributed by atoms with Gasteiger partial charge in [0.15, 0.2) is 0 Å². The second kappa shape index (κ2) is 8.10. The molecule has 0 aromatic heterocycles. The Balaban J connectivity index is 1.64. The highest BCUT2D eigenvalue weighted by Crippen LogP contribution is 2.20. The lowest BCUT2D eigenvalue weighted by Gasteiger charge is -2.23. The van der Waals surface area contributed by atoms with Crippen LogP contribution in [0, 0.1) is 17.0 Å². The first-order chi connectivity index (χ1) is 12.5. The number of nitro groups is 1. The number of hydrogen-bond donors (Lipinski definition) is 2. The zero-order chi connectivity index (χ0) is 18.5. The number of carbonyl (C=O) groups excluding carboxylic acids is 1. The number of piperidine rings is 1. The van der Waals surface area contributed by atoms with Crippen LogP contribution in [0.3, 0.4) is 0 Å². The summed E-state index contributed by atoms with van der Waals surface area (Å²) in [7, 11) is 0. The smallest absolute Gasteiger partial charge is 0.273 e. The first kappa shape index (κ1) is 18.1. The predicted octanol–water partition coefficient (Wildman–Crippen LogP) is 2.72. The largest absolute Gasteiger partial charge is 0.331 e. The van der Waals surface area contributed by atoms with Crippen LogP contribution in [0.4, 0.5) is 11.4 Å². The lowest BCUT2D eigenvalue weighted by Crippen LogP contribution is -3.11. The summed E-state index contributed by atoms with van der Waals surface area (Å²) in [4.78, 5) is 24.5. The maximum absolute atomic E-state index is 12.4. The van der Waals surface area contributed by atoms with Gasteiger partial charge in [0.25, 0.3) is 11.6 Å². The van der Waals surface area contributed by atoms with E-state index in [0.29, 0.717) is 11.3 Å². The van der Waals surface area contributed by atoms with Crippen LogP contribution >= 0.6 is 0 Å². The molecule has 3 rings (SSSR count). The molecule has 0 saturated carbocycles. The molecule has 1 aliphatic heterocycles. The molecule has 0 radical (unpaired) electrons. The van der Waals surface area contributed by atoms with E-state index in [1.807, 2.05) is 24.3 Å². The summed E-state index contributed by atoms with van der Waals surface area (Å²) in [6.45, 7) is 5.12. The maximum Gasteiger partial charge on any atom is 0.273 e. The van der Waals surface area contributed by atoms with Crippen LogP contribution in [-0.2, 0) is 6.54 Å². The lowest BCUT2D eigenvalue weighted by atomic mass is 10.1. The molecule has 1 amide bonds. The van der Waals surface area contributed by atoms with Crippen molar-refractivity contribution < 1.29 is 14.6 Å². The third-order valence-electron chi connectivity index (χ3n) is 4.89. The molecule has 1 fully saturated rings. The number of hydrogen-bond acceptors (Lipinski definition) is 3. The van der Waals surface area contributed by atoms with Crippen LogP contribution in [-0.4, -0.2) is 23.9 Å². The molecule has 0 unspecified atom stereocenters. The topological polar surface area (TPSA) is 76.7 Å². The van der Waals surface area contributed by atoms with Crippen molar-refractivity contribution in [2.75, 3.05) is 18.4 Å². The van der Waals surface area contributed by atoms with E-state index in [0.717, 1.165) is 6.54 Å². The fourth-order valence-electron chi connectivity index (χ4n) is 3.37. The second-order valence-electron chi connectivity index (χ2n) is 6.90. The fraction of sp³-hybridized carbons (Fsp3) is 0.350. The van der Waals surface area contributed by atoms with Gasteiger partial charge in [-0.3, -0.25) is 14.9 Å². The minimum Gasteiger partial charge on any atom is -0.331 e. The van der Waals surface area contributed by atoms with Gasteiger partial charge in [-0.05, 0) is 44.4 Å². The summed E-state index contributed by atoms with van der Waals surface area (Å²) in [5.74, 6) is -0.345. The van der Waals surface area contributed by atoms with Crippen molar-refractivity contribution in [2.24, 2.45) is 0 Å². The summed E-state index contributed by atoms with van der Waals surface area (Å²) < 4.78 is 0. The number of amides is 1. The number of carbonyl (C=O) groups is 1. The fourth-order valence-corrected chi connectivity index (χ4v) is 3.37. The third-order valence-corrected chi connectivity index (χ3v) is 4.89. The Labute approximate surface area is 153 Å². The molecular formula is C20H24N3O3+. The first-order valence-electron chi connectivity index (χ1n) is 9.02. The molecule has 0 bridgehead atoms. The lowest BCUT2D eigenvalue weighted by molar-refractivity contribution is -0.918. The van der Waals surface area contributed by atoms with Gasteiger partial charge in [0.1, 0.15) is 6.54 Å². The van der Waals surface area contributed by atoms with Crippen molar-refractivity contribution in [2.45, 2.75) is 32.7 Å². The molecule has 0 spiro atoms. The zero-order valence-electron chi connectivity index (χ0n) is 15.0. The van der Waals surface area contributed by atoms with E-state index < -0.39 is 4.92 Å². The Morgan fingerprint density at radius 1 is 1.12 bits per heavy atom. The van der Waals surface area contributed by atoms with Gasteiger partial charge >= 0.3 is 0 Å². The number of nitrogens with zero attached hydrogens (tertiary/aromatic N) is 1. The van der Waals surface area contributed by atoms with E-state index in [1.165, 1.54) is 44.0 Å². The van der Waals surface area contributed by atoms with E-state index in [9.17, 15) is 14.9 Å². The molecule has 0 aliphatic carbocycles. The van der Waals surface area contributed by atoms with Gasteiger partial charge in [-0.2, -0.15) is 0 Å². The SMILES string of the molecule is Cc1ccc(C(=O)Nc2ccc(C[NH+]3CCCCC3)cc2)cc1[N+](=O)[O-]. The summed E-state index contributed by atoms with van der Waals surface area (Å²) in [5, 5.41) is 13.8. The minimum absolute atomic E-state index is 0.0440. The molecule has 1 heterocycles. The van der Waals surface area contributed by atoms with Crippen molar-refractivity contribution >= 4 is 17.3 Å². The normalized spacial score (nSPS) is 14.8. The quantitative estimate of drug-likeness (QED) is 0.640. The molecular weight excluding hydrogens is 330 g/mol. The number of likely N-dealkylation sites (tertiary alicyclic amines) is 1. The molecule has 2 aromatic carbocycles. The molecule has 136 valence electrons. The van der Waals surface area contributed by atoms with E-state index in [1.54, 1.807) is 24.0 Å². The van der Waals surface area contributed by atoms with Gasteiger partial charge in [0.2, 0.25) is 0 Å².